The van der Waals surface area contributed by atoms with Crippen molar-refractivity contribution in [2.75, 3.05) is 18.5 Å². The highest BCUT2D eigenvalue weighted by molar-refractivity contribution is 5.38. The van der Waals surface area contributed by atoms with Gasteiger partial charge in [-0.1, -0.05) is 40.5 Å². The molecule has 0 spiro atoms. The van der Waals surface area contributed by atoms with Crippen LogP contribution < -0.4 is 10.1 Å². The number of ether oxygens (including phenoxy) is 1. The Bertz CT molecular complexity index is 366. The lowest BCUT2D eigenvalue weighted by atomic mass is 10.2. The van der Waals surface area contributed by atoms with Gasteiger partial charge in [-0.2, -0.15) is 4.98 Å². The van der Waals surface area contributed by atoms with Crippen LogP contribution in [-0.2, 0) is 0 Å². The second kappa shape index (κ2) is 8.73. The maximum absolute atomic E-state index is 5.62. The lowest BCUT2D eigenvalue weighted by Crippen LogP contribution is -2.08. The molecular weight excluding hydrogens is 238 g/mol. The van der Waals surface area contributed by atoms with Crippen molar-refractivity contribution in [3.05, 3.63) is 11.9 Å². The summed E-state index contributed by atoms with van der Waals surface area (Å²) in [5.74, 6) is 2.70. The van der Waals surface area contributed by atoms with E-state index in [1.807, 2.05) is 6.07 Å². The van der Waals surface area contributed by atoms with E-state index in [9.17, 15) is 0 Å². The molecule has 1 rings (SSSR count). The first-order valence-electron chi connectivity index (χ1n) is 7.43. The molecular formula is C15H27N3O. The van der Waals surface area contributed by atoms with Crippen molar-refractivity contribution in [1.82, 2.24) is 9.97 Å². The van der Waals surface area contributed by atoms with Gasteiger partial charge in [0.15, 0.2) is 0 Å². The summed E-state index contributed by atoms with van der Waals surface area (Å²) >= 11 is 0. The number of hydrogen-bond acceptors (Lipinski definition) is 4. The van der Waals surface area contributed by atoms with Crippen molar-refractivity contribution in [2.45, 2.75) is 59.3 Å². The average molecular weight is 265 g/mol. The molecule has 0 unspecified atom stereocenters. The Morgan fingerprint density at radius 1 is 1.16 bits per heavy atom. The molecule has 1 N–H and O–H groups in total. The fraction of sp³-hybridized carbons (Fsp3) is 0.733. The molecule has 0 aliphatic heterocycles. The second-order valence-corrected chi connectivity index (χ2v) is 5.09. The van der Waals surface area contributed by atoms with Gasteiger partial charge < -0.3 is 10.1 Å². The monoisotopic (exact) mass is 265 g/mol. The predicted molar refractivity (Wildman–Crippen MR) is 79.9 cm³/mol. The Kier molecular flexibility index (Phi) is 7.23. The van der Waals surface area contributed by atoms with E-state index in [1.54, 1.807) is 0 Å². The zero-order valence-corrected chi connectivity index (χ0v) is 12.7. The van der Waals surface area contributed by atoms with Gasteiger partial charge in [0.05, 0.1) is 6.61 Å². The summed E-state index contributed by atoms with van der Waals surface area (Å²) in [5.41, 5.74) is 0. The van der Waals surface area contributed by atoms with Gasteiger partial charge in [0, 0.05) is 18.5 Å². The summed E-state index contributed by atoms with van der Waals surface area (Å²) in [5, 5.41) is 3.36. The first-order chi connectivity index (χ1) is 9.17. The molecule has 1 heterocycles. The summed E-state index contributed by atoms with van der Waals surface area (Å²) < 4.78 is 5.62. The molecule has 0 saturated carbocycles. The molecule has 4 heteroatoms. The minimum Gasteiger partial charge on any atom is -0.478 e. The van der Waals surface area contributed by atoms with Crippen LogP contribution >= 0.6 is 0 Å². The number of hydrogen-bond donors (Lipinski definition) is 1. The van der Waals surface area contributed by atoms with Crippen molar-refractivity contribution >= 4 is 5.82 Å². The van der Waals surface area contributed by atoms with Crippen LogP contribution in [0, 0.1) is 0 Å². The third-order valence-corrected chi connectivity index (χ3v) is 2.78. The van der Waals surface area contributed by atoms with Crippen molar-refractivity contribution < 1.29 is 4.74 Å². The zero-order valence-electron chi connectivity index (χ0n) is 12.7. The Hall–Kier alpha value is -1.32. The van der Waals surface area contributed by atoms with Crippen LogP contribution in [0.5, 0.6) is 5.88 Å². The van der Waals surface area contributed by atoms with Gasteiger partial charge in [-0.3, -0.25) is 0 Å². The van der Waals surface area contributed by atoms with Gasteiger partial charge in [-0.15, -0.1) is 0 Å². The third-order valence-electron chi connectivity index (χ3n) is 2.78. The number of nitrogens with one attached hydrogen (secondary N) is 1. The van der Waals surface area contributed by atoms with Crippen LogP contribution in [0.15, 0.2) is 6.07 Å². The number of anilines is 1. The largest absolute Gasteiger partial charge is 0.478 e. The van der Waals surface area contributed by atoms with Gasteiger partial charge in [-0.05, 0) is 12.8 Å². The minimum absolute atomic E-state index is 0.307. The van der Waals surface area contributed by atoms with E-state index in [1.165, 1.54) is 19.3 Å². The molecule has 19 heavy (non-hydrogen) atoms. The minimum atomic E-state index is 0.307. The van der Waals surface area contributed by atoms with E-state index in [0.29, 0.717) is 18.4 Å². The molecule has 0 fully saturated rings. The lowest BCUT2D eigenvalue weighted by Gasteiger charge is -2.12. The van der Waals surface area contributed by atoms with Crippen LogP contribution in [0.4, 0.5) is 5.82 Å². The smallest absolute Gasteiger partial charge is 0.218 e. The summed E-state index contributed by atoms with van der Waals surface area (Å²) in [6.07, 6.45) is 4.63. The topological polar surface area (TPSA) is 47.0 Å². The Balaban J connectivity index is 2.69. The normalized spacial score (nSPS) is 10.8. The van der Waals surface area contributed by atoms with E-state index < -0.39 is 0 Å². The fourth-order valence-electron chi connectivity index (χ4n) is 1.66. The number of rotatable bonds is 9. The summed E-state index contributed by atoms with van der Waals surface area (Å²) in [6.45, 7) is 10.1. The highest BCUT2D eigenvalue weighted by Crippen LogP contribution is 2.18. The number of nitrogens with zero attached hydrogens (tertiary/aromatic N) is 2. The van der Waals surface area contributed by atoms with Crippen LogP contribution in [0.25, 0.3) is 0 Å². The molecule has 1 aromatic heterocycles. The molecule has 0 atom stereocenters. The van der Waals surface area contributed by atoms with Crippen molar-refractivity contribution in [3.63, 3.8) is 0 Å². The SMILES string of the molecule is CCCCCNc1cc(OCCC)nc(C(C)C)n1. The first-order valence-corrected chi connectivity index (χ1v) is 7.43. The molecule has 0 amide bonds. The maximum atomic E-state index is 5.62. The average Bonchev–Trinajstić information content (AvgIpc) is 2.41. The Morgan fingerprint density at radius 3 is 2.58 bits per heavy atom. The molecule has 0 bridgehead atoms. The quantitative estimate of drug-likeness (QED) is 0.686. The summed E-state index contributed by atoms with van der Waals surface area (Å²) in [7, 11) is 0. The van der Waals surface area contributed by atoms with Crippen molar-refractivity contribution in [3.8, 4) is 5.88 Å². The second-order valence-electron chi connectivity index (χ2n) is 5.09. The van der Waals surface area contributed by atoms with Gasteiger partial charge in [0.25, 0.3) is 0 Å². The van der Waals surface area contributed by atoms with E-state index >= 15 is 0 Å². The van der Waals surface area contributed by atoms with Crippen LogP contribution in [0.2, 0.25) is 0 Å². The van der Waals surface area contributed by atoms with Crippen molar-refractivity contribution in [1.29, 1.82) is 0 Å². The van der Waals surface area contributed by atoms with E-state index in [2.05, 4.69) is 43.0 Å². The maximum Gasteiger partial charge on any atom is 0.218 e. The molecule has 1 aromatic rings. The third kappa shape index (κ3) is 5.90. The number of aromatic nitrogens is 2. The summed E-state index contributed by atoms with van der Waals surface area (Å²) in [6, 6.07) is 1.90. The molecule has 108 valence electrons. The lowest BCUT2D eigenvalue weighted by molar-refractivity contribution is 0.303. The summed E-state index contributed by atoms with van der Waals surface area (Å²) in [4.78, 5) is 8.98. The highest BCUT2D eigenvalue weighted by Gasteiger charge is 2.08. The molecule has 0 aliphatic carbocycles. The van der Waals surface area contributed by atoms with Gasteiger partial charge in [-0.25, -0.2) is 4.98 Å². The fourth-order valence-corrected chi connectivity index (χ4v) is 1.66. The van der Waals surface area contributed by atoms with Crippen LogP contribution in [-0.4, -0.2) is 23.1 Å². The van der Waals surface area contributed by atoms with E-state index in [0.717, 1.165) is 24.6 Å². The Labute approximate surface area is 117 Å². The Morgan fingerprint density at radius 2 is 1.95 bits per heavy atom. The molecule has 0 aliphatic rings. The predicted octanol–water partition coefficient (Wildman–Crippen LogP) is 3.99. The van der Waals surface area contributed by atoms with Gasteiger partial charge in [0.2, 0.25) is 5.88 Å². The van der Waals surface area contributed by atoms with Gasteiger partial charge in [0.1, 0.15) is 11.6 Å². The molecule has 4 nitrogen and oxygen atoms in total. The van der Waals surface area contributed by atoms with Crippen LogP contribution in [0.3, 0.4) is 0 Å². The van der Waals surface area contributed by atoms with E-state index in [-0.39, 0.29) is 0 Å². The molecule has 0 aromatic carbocycles. The van der Waals surface area contributed by atoms with Gasteiger partial charge >= 0.3 is 0 Å². The molecule has 0 radical (unpaired) electrons. The highest BCUT2D eigenvalue weighted by atomic mass is 16.5. The number of unbranched alkanes of at least 4 members (excludes halogenated alkanes) is 2. The van der Waals surface area contributed by atoms with E-state index in [4.69, 9.17) is 4.74 Å². The first kappa shape index (κ1) is 15.7. The zero-order chi connectivity index (χ0) is 14.1. The standard InChI is InChI=1S/C15H27N3O/c1-5-7-8-9-16-13-11-14(19-10-6-2)18-15(17-13)12(3)4/h11-12H,5-10H2,1-4H3,(H,16,17,18). The molecule has 0 saturated heterocycles. The van der Waals surface area contributed by atoms with Crippen LogP contribution in [0.1, 0.15) is 65.1 Å². The van der Waals surface area contributed by atoms with Crippen molar-refractivity contribution in [2.24, 2.45) is 0 Å².